The molecule has 1 heterocycles. The van der Waals surface area contributed by atoms with Crippen molar-refractivity contribution < 1.29 is 0 Å². The first-order valence-corrected chi connectivity index (χ1v) is 7.00. The summed E-state index contributed by atoms with van der Waals surface area (Å²) in [6.45, 7) is 10.7. The number of nitrogens with zero attached hydrogens (tertiary/aromatic N) is 2. The molecule has 0 bridgehead atoms. The lowest BCUT2D eigenvalue weighted by Gasteiger charge is -2.08. The Morgan fingerprint density at radius 3 is 2.72 bits per heavy atom. The molecule has 0 aliphatic heterocycles. The van der Waals surface area contributed by atoms with Gasteiger partial charge in [-0.3, -0.25) is 4.68 Å². The van der Waals surface area contributed by atoms with Gasteiger partial charge in [-0.15, -0.1) is 0 Å². The van der Waals surface area contributed by atoms with Gasteiger partial charge in [0, 0.05) is 6.04 Å². The average molecular weight is 270 g/mol. The molecule has 18 heavy (non-hydrogen) atoms. The molecule has 1 N–H and O–H groups in total. The van der Waals surface area contributed by atoms with E-state index in [1.807, 2.05) is 4.68 Å². The van der Waals surface area contributed by atoms with E-state index in [0.29, 0.717) is 12.0 Å². The summed E-state index contributed by atoms with van der Waals surface area (Å²) in [4.78, 5) is 0. The predicted molar refractivity (Wildman–Crippen MR) is 79.0 cm³/mol. The number of aromatic nitrogens is 2. The molecule has 0 aromatic carbocycles. The molecule has 3 nitrogen and oxygen atoms in total. The molecule has 0 aliphatic rings. The molecular formula is C14H24ClN3. The van der Waals surface area contributed by atoms with Crippen molar-refractivity contribution in [2.75, 3.05) is 13.1 Å². The fourth-order valence-electron chi connectivity index (χ4n) is 1.69. The molecule has 1 aromatic heterocycles. The molecule has 0 atom stereocenters. The van der Waals surface area contributed by atoms with Gasteiger partial charge in [-0.05, 0) is 45.4 Å². The van der Waals surface area contributed by atoms with E-state index in [1.54, 1.807) is 6.20 Å². The van der Waals surface area contributed by atoms with Gasteiger partial charge in [-0.1, -0.05) is 31.5 Å². The van der Waals surface area contributed by atoms with Crippen LogP contribution in [0.3, 0.4) is 0 Å². The largest absolute Gasteiger partial charge is 0.316 e. The average Bonchev–Trinajstić information content (AvgIpc) is 2.65. The monoisotopic (exact) mass is 269 g/mol. The van der Waals surface area contributed by atoms with Gasteiger partial charge in [0.05, 0.1) is 16.9 Å². The minimum absolute atomic E-state index is 0.330. The first kappa shape index (κ1) is 15.3. The Kier molecular flexibility index (Phi) is 6.44. The van der Waals surface area contributed by atoms with Gasteiger partial charge in [0.15, 0.2) is 0 Å². The molecule has 1 rings (SSSR count). The highest BCUT2D eigenvalue weighted by Gasteiger charge is 2.07. The Morgan fingerprint density at radius 1 is 1.39 bits per heavy atom. The van der Waals surface area contributed by atoms with Gasteiger partial charge >= 0.3 is 0 Å². The quantitative estimate of drug-likeness (QED) is 0.764. The Balaban J connectivity index is 2.44. The van der Waals surface area contributed by atoms with Crippen LogP contribution in [0.15, 0.2) is 12.3 Å². The Morgan fingerprint density at radius 2 is 2.11 bits per heavy atom. The summed E-state index contributed by atoms with van der Waals surface area (Å²) in [5, 5.41) is 8.40. The molecule has 0 saturated heterocycles. The van der Waals surface area contributed by atoms with Crippen molar-refractivity contribution >= 4 is 17.7 Å². The highest BCUT2D eigenvalue weighted by Crippen LogP contribution is 2.20. The van der Waals surface area contributed by atoms with Crippen LogP contribution in [0.4, 0.5) is 0 Å². The first-order valence-electron chi connectivity index (χ1n) is 6.62. The zero-order valence-electron chi connectivity index (χ0n) is 11.8. The molecule has 0 unspecified atom stereocenters. The highest BCUT2D eigenvalue weighted by atomic mass is 35.5. The summed E-state index contributed by atoms with van der Waals surface area (Å²) in [6.07, 6.45) is 6.92. The van der Waals surface area contributed by atoms with E-state index in [9.17, 15) is 0 Å². The van der Waals surface area contributed by atoms with Crippen molar-refractivity contribution in [1.29, 1.82) is 0 Å². The van der Waals surface area contributed by atoms with Crippen LogP contribution in [0.5, 0.6) is 0 Å². The van der Waals surface area contributed by atoms with E-state index in [1.165, 1.54) is 0 Å². The van der Waals surface area contributed by atoms with Gasteiger partial charge in [0.2, 0.25) is 0 Å². The van der Waals surface area contributed by atoms with E-state index in [4.69, 9.17) is 11.6 Å². The molecule has 4 heteroatoms. The molecule has 0 amide bonds. The lowest BCUT2D eigenvalue weighted by molar-refractivity contribution is 0.528. The number of hydrogen-bond acceptors (Lipinski definition) is 2. The normalized spacial score (nSPS) is 12.2. The molecule has 0 saturated carbocycles. The summed E-state index contributed by atoms with van der Waals surface area (Å²) >= 11 is 6.12. The summed E-state index contributed by atoms with van der Waals surface area (Å²) in [6, 6.07) is 0.330. The summed E-state index contributed by atoms with van der Waals surface area (Å²) in [5.41, 5.74) is 0.996. The first-order chi connectivity index (χ1) is 8.52. The molecule has 0 fully saturated rings. The SMILES string of the molecule is CC(C)CNCC/C=C/c1c(Cl)cnn1C(C)C. The van der Waals surface area contributed by atoms with Crippen molar-refractivity contribution in [3.05, 3.63) is 23.0 Å². The Labute approximate surface area is 115 Å². The second-order valence-electron chi connectivity index (χ2n) is 5.21. The number of halogens is 1. The van der Waals surface area contributed by atoms with Crippen molar-refractivity contribution in [2.24, 2.45) is 5.92 Å². The fourth-order valence-corrected chi connectivity index (χ4v) is 1.88. The van der Waals surface area contributed by atoms with Crippen molar-refractivity contribution in [2.45, 2.75) is 40.2 Å². The Bertz CT molecular complexity index is 380. The maximum Gasteiger partial charge on any atom is 0.0859 e. The van der Waals surface area contributed by atoms with Crippen LogP contribution in [0.1, 0.15) is 45.9 Å². The van der Waals surface area contributed by atoms with E-state index in [0.717, 1.165) is 30.2 Å². The number of rotatable bonds is 7. The van der Waals surface area contributed by atoms with Crippen LogP contribution in [-0.2, 0) is 0 Å². The van der Waals surface area contributed by atoms with Crippen molar-refractivity contribution in [3.63, 3.8) is 0 Å². The van der Waals surface area contributed by atoms with Gasteiger partial charge in [0.1, 0.15) is 0 Å². The number of nitrogens with one attached hydrogen (secondary N) is 1. The van der Waals surface area contributed by atoms with Crippen molar-refractivity contribution in [3.8, 4) is 0 Å². The van der Waals surface area contributed by atoms with Crippen LogP contribution in [-0.4, -0.2) is 22.9 Å². The third-order valence-corrected chi connectivity index (χ3v) is 2.88. The van der Waals surface area contributed by atoms with Crippen LogP contribution in [0, 0.1) is 5.92 Å². The maximum absolute atomic E-state index is 6.12. The molecule has 0 spiro atoms. The lowest BCUT2D eigenvalue weighted by Crippen LogP contribution is -2.20. The molecular weight excluding hydrogens is 246 g/mol. The topological polar surface area (TPSA) is 29.9 Å². The third kappa shape index (κ3) is 4.83. The van der Waals surface area contributed by atoms with Crippen LogP contribution in [0.2, 0.25) is 5.02 Å². The van der Waals surface area contributed by atoms with Gasteiger partial charge in [0.25, 0.3) is 0 Å². The Hall–Kier alpha value is -0.800. The fraction of sp³-hybridized carbons (Fsp3) is 0.643. The zero-order chi connectivity index (χ0) is 13.5. The smallest absolute Gasteiger partial charge is 0.0859 e. The van der Waals surface area contributed by atoms with Gasteiger partial charge in [-0.2, -0.15) is 5.10 Å². The predicted octanol–water partition coefficient (Wildman–Crippen LogP) is 3.77. The molecule has 102 valence electrons. The van der Waals surface area contributed by atoms with E-state index < -0.39 is 0 Å². The van der Waals surface area contributed by atoms with Crippen molar-refractivity contribution in [1.82, 2.24) is 15.1 Å². The summed E-state index contributed by atoms with van der Waals surface area (Å²) < 4.78 is 1.94. The van der Waals surface area contributed by atoms with Crippen LogP contribution < -0.4 is 5.32 Å². The lowest BCUT2D eigenvalue weighted by atomic mass is 10.2. The van der Waals surface area contributed by atoms with E-state index >= 15 is 0 Å². The zero-order valence-corrected chi connectivity index (χ0v) is 12.5. The molecule has 0 radical (unpaired) electrons. The minimum Gasteiger partial charge on any atom is -0.316 e. The summed E-state index contributed by atoms with van der Waals surface area (Å²) in [5.74, 6) is 0.700. The maximum atomic E-state index is 6.12. The van der Waals surface area contributed by atoms with Crippen LogP contribution in [0.25, 0.3) is 6.08 Å². The van der Waals surface area contributed by atoms with Gasteiger partial charge in [-0.25, -0.2) is 0 Å². The summed E-state index contributed by atoms with van der Waals surface area (Å²) in [7, 11) is 0. The minimum atomic E-state index is 0.330. The molecule has 0 aliphatic carbocycles. The third-order valence-electron chi connectivity index (χ3n) is 2.59. The van der Waals surface area contributed by atoms with Gasteiger partial charge < -0.3 is 5.32 Å². The van der Waals surface area contributed by atoms with E-state index in [-0.39, 0.29) is 0 Å². The standard InChI is InChI=1S/C14H24ClN3/c1-11(2)9-16-8-6-5-7-14-13(15)10-17-18(14)12(3)4/h5,7,10-12,16H,6,8-9H2,1-4H3/b7-5+. The van der Waals surface area contributed by atoms with Crippen LogP contribution >= 0.6 is 11.6 Å². The number of hydrogen-bond donors (Lipinski definition) is 1. The molecule has 1 aromatic rings. The second kappa shape index (κ2) is 7.59. The highest BCUT2D eigenvalue weighted by molar-refractivity contribution is 6.31. The second-order valence-corrected chi connectivity index (χ2v) is 5.61. The van der Waals surface area contributed by atoms with E-state index in [2.05, 4.69) is 50.3 Å².